The Balaban J connectivity index is 1.25. The number of para-hydroxylation sites is 2. The Bertz CT molecular complexity index is 1050. The molecule has 152 valence electrons. The Morgan fingerprint density at radius 3 is 2.62 bits per heavy atom. The summed E-state index contributed by atoms with van der Waals surface area (Å²) < 4.78 is 6.57. The number of nitrogens with one attached hydrogen (secondary N) is 1. The molecule has 1 aliphatic heterocycles. The molecule has 29 heavy (non-hydrogen) atoms. The molecule has 0 spiro atoms. The molecule has 1 aliphatic rings. The summed E-state index contributed by atoms with van der Waals surface area (Å²) in [7, 11) is 0. The highest BCUT2D eigenvalue weighted by molar-refractivity contribution is 7.12. The average molecular weight is 414 g/mol. The third-order valence-corrected chi connectivity index (χ3v) is 5.92. The lowest BCUT2D eigenvalue weighted by Crippen LogP contribution is -2.51. The van der Waals surface area contributed by atoms with Gasteiger partial charge in [-0.25, -0.2) is 4.79 Å². The molecule has 1 fully saturated rings. The van der Waals surface area contributed by atoms with Crippen molar-refractivity contribution in [1.82, 2.24) is 19.7 Å². The number of amides is 2. The van der Waals surface area contributed by atoms with Gasteiger partial charge >= 0.3 is 5.76 Å². The lowest BCUT2D eigenvalue weighted by molar-refractivity contribution is -0.133. The Morgan fingerprint density at radius 2 is 1.86 bits per heavy atom. The second-order valence-electron chi connectivity index (χ2n) is 6.88. The molecule has 2 aromatic heterocycles. The topological polar surface area (TPSA) is 87.8 Å². The van der Waals surface area contributed by atoms with Crippen LogP contribution in [-0.4, -0.2) is 65.4 Å². The van der Waals surface area contributed by atoms with Crippen LogP contribution in [0.5, 0.6) is 0 Å². The van der Waals surface area contributed by atoms with E-state index in [0.717, 1.165) is 19.6 Å². The molecule has 1 N–H and O–H groups in total. The Kier molecular flexibility index (Phi) is 5.77. The van der Waals surface area contributed by atoms with Crippen LogP contribution in [0, 0.1) is 0 Å². The van der Waals surface area contributed by atoms with E-state index in [-0.39, 0.29) is 18.4 Å². The van der Waals surface area contributed by atoms with Gasteiger partial charge in [-0.1, -0.05) is 18.2 Å². The molecule has 2 amide bonds. The van der Waals surface area contributed by atoms with Crippen molar-refractivity contribution in [1.29, 1.82) is 0 Å². The zero-order valence-corrected chi connectivity index (χ0v) is 16.7. The largest absolute Gasteiger partial charge is 0.420 e. The fourth-order valence-electron chi connectivity index (χ4n) is 3.44. The minimum atomic E-state index is -0.514. The summed E-state index contributed by atoms with van der Waals surface area (Å²) in [6.45, 7) is 3.96. The third kappa shape index (κ3) is 4.41. The normalized spacial score (nSPS) is 15.0. The van der Waals surface area contributed by atoms with Crippen molar-refractivity contribution in [2.75, 3.05) is 39.3 Å². The third-order valence-electron chi connectivity index (χ3n) is 5.05. The monoisotopic (exact) mass is 414 g/mol. The standard InChI is InChI=1S/C20H22N4O4S/c25-18(14-24-15-4-1-2-5-16(15)28-20(24)27)23-11-9-22(10-12-23)8-7-21-19(26)17-6-3-13-29-17/h1-6,13H,7-12,14H2,(H,21,26). The summed E-state index contributed by atoms with van der Waals surface area (Å²) in [5.41, 5.74) is 1.12. The van der Waals surface area contributed by atoms with E-state index in [1.807, 2.05) is 17.5 Å². The van der Waals surface area contributed by atoms with Crippen LogP contribution in [0.3, 0.4) is 0 Å². The number of thiophene rings is 1. The molecule has 1 aromatic carbocycles. The van der Waals surface area contributed by atoms with Gasteiger partial charge < -0.3 is 14.6 Å². The molecular weight excluding hydrogens is 392 g/mol. The number of rotatable bonds is 6. The van der Waals surface area contributed by atoms with E-state index in [1.165, 1.54) is 15.9 Å². The number of carbonyl (C=O) groups is 2. The maximum absolute atomic E-state index is 12.7. The summed E-state index contributed by atoms with van der Waals surface area (Å²) in [6.07, 6.45) is 0. The van der Waals surface area contributed by atoms with E-state index in [1.54, 1.807) is 29.2 Å². The lowest BCUT2D eigenvalue weighted by Gasteiger charge is -2.34. The zero-order valence-electron chi connectivity index (χ0n) is 15.9. The number of oxazole rings is 1. The van der Waals surface area contributed by atoms with Crippen LogP contribution in [0.2, 0.25) is 0 Å². The van der Waals surface area contributed by atoms with Gasteiger partial charge in [0.05, 0.1) is 10.4 Å². The fraction of sp³-hybridized carbons (Fsp3) is 0.350. The summed E-state index contributed by atoms with van der Waals surface area (Å²) in [6, 6.07) is 10.8. The molecule has 0 atom stereocenters. The van der Waals surface area contributed by atoms with Crippen molar-refractivity contribution < 1.29 is 14.0 Å². The molecule has 0 saturated carbocycles. The summed E-state index contributed by atoms with van der Waals surface area (Å²) in [4.78, 5) is 41.4. The molecule has 0 unspecified atom stereocenters. The van der Waals surface area contributed by atoms with E-state index >= 15 is 0 Å². The van der Waals surface area contributed by atoms with Crippen LogP contribution >= 0.6 is 11.3 Å². The van der Waals surface area contributed by atoms with Gasteiger partial charge in [-0.15, -0.1) is 11.3 Å². The molecular formula is C20H22N4O4S. The summed E-state index contributed by atoms with van der Waals surface area (Å²) in [5, 5.41) is 4.80. The van der Waals surface area contributed by atoms with Crippen molar-refractivity contribution in [3.05, 3.63) is 57.2 Å². The fourth-order valence-corrected chi connectivity index (χ4v) is 4.08. The summed E-state index contributed by atoms with van der Waals surface area (Å²) >= 11 is 1.42. The van der Waals surface area contributed by atoms with Crippen molar-refractivity contribution in [2.24, 2.45) is 0 Å². The Labute approximate surface area is 171 Å². The molecule has 8 nitrogen and oxygen atoms in total. The first-order chi connectivity index (χ1) is 14.1. The van der Waals surface area contributed by atoms with E-state index in [0.29, 0.717) is 35.6 Å². The predicted molar refractivity (Wildman–Crippen MR) is 110 cm³/mol. The number of benzene rings is 1. The molecule has 3 aromatic rings. The maximum atomic E-state index is 12.7. The molecule has 3 heterocycles. The van der Waals surface area contributed by atoms with Gasteiger partial charge in [0.15, 0.2) is 5.58 Å². The first-order valence-corrected chi connectivity index (χ1v) is 10.4. The van der Waals surface area contributed by atoms with Crippen LogP contribution in [0.25, 0.3) is 11.1 Å². The molecule has 0 aliphatic carbocycles. The highest BCUT2D eigenvalue weighted by Gasteiger charge is 2.22. The van der Waals surface area contributed by atoms with Gasteiger partial charge in [0.1, 0.15) is 6.54 Å². The highest BCUT2D eigenvalue weighted by Crippen LogP contribution is 2.12. The quantitative estimate of drug-likeness (QED) is 0.656. The van der Waals surface area contributed by atoms with Crippen LogP contribution < -0.4 is 11.1 Å². The van der Waals surface area contributed by atoms with Gasteiger partial charge in [0.2, 0.25) is 5.91 Å². The Morgan fingerprint density at radius 1 is 1.07 bits per heavy atom. The number of hydrogen-bond donors (Lipinski definition) is 1. The van der Waals surface area contributed by atoms with Gasteiger partial charge in [0.25, 0.3) is 5.91 Å². The van der Waals surface area contributed by atoms with Crippen LogP contribution in [0.15, 0.2) is 51.0 Å². The maximum Gasteiger partial charge on any atom is 0.420 e. The van der Waals surface area contributed by atoms with Crippen molar-refractivity contribution in [2.45, 2.75) is 6.54 Å². The number of piperazine rings is 1. The average Bonchev–Trinajstić information content (AvgIpc) is 3.37. The molecule has 9 heteroatoms. The number of nitrogens with zero attached hydrogens (tertiary/aromatic N) is 3. The second-order valence-corrected chi connectivity index (χ2v) is 7.83. The van der Waals surface area contributed by atoms with E-state index in [4.69, 9.17) is 4.42 Å². The van der Waals surface area contributed by atoms with Gasteiger partial charge in [0, 0.05) is 39.3 Å². The van der Waals surface area contributed by atoms with Crippen molar-refractivity contribution in [3.63, 3.8) is 0 Å². The molecule has 0 radical (unpaired) electrons. The number of aromatic nitrogens is 1. The second kappa shape index (κ2) is 8.62. The minimum Gasteiger partial charge on any atom is -0.408 e. The molecule has 0 bridgehead atoms. The van der Waals surface area contributed by atoms with Crippen LogP contribution in [-0.2, 0) is 11.3 Å². The first kappa shape index (κ1) is 19.4. The SMILES string of the molecule is O=C(NCCN1CCN(C(=O)Cn2c(=O)oc3ccccc32)CC1)c1cccs1. The predicted octanol–water partition coefficient (Wildman–Crippen LogP) is 1.23. The van der Waals surface area contributed by atoms with Crippen LogP contribution in [0.1, 0.15) is 9.67 Å². The van der Waals surface area contributed by atoms with Crippen molar-refractivity contribution >= 4 is 34.3 Å². The lowest BCUT2D eigenvalue weighted by atomic mass is 10.3. The highest BCUT2D eigenvalue weighted by atomic mass is 32.1. The Hall–Kier alpha value is -2.91. The van der Waals surface area contributed by atoms with E-state index in [9.17, 15) is 14.4 Å². The number of carbonyl (C=O) groups excluding carboxylic acids is 2. The number of hydrogen-bond acceptors (Lipinski definition) is 6. The number of fused-ring (bicyclic) bond motifs is 1. The van der Waals surface area contributed by atoms with Crippen molar-refractivity contribution in [3.8, 4) is 0 Å². The molecule has 1 saturated heterocycles. The zero-order chi connectivity index (χ0) is 20.2. The van der Waals surface area contributed by atoms with E-state index < -0.39 is 5.76 Å². The van der Waals surface area contributed by atoms with E-state index in [2.05, 4.69) is 10.2 Å². The van der Waals surface area contributed by atoms with Gasteiger partial charge in [-0.2, -0.15) is 0 Å². The summed E-state index contributed by atoms with van der Waals surface area (Å²) in [5.74, 6) is -0.657. The van der Waals surface area contributed by atoms with Crippen LogP contribution in [0.4, 0.5) is 0 Å². The minimum absolute atomic E-state index is 0.0211. The first-order valence-electron chi connectivity index (χ1n) is 9.52. The van der Waals surface area contributed by atoms with Gasteiger partial charge in [-0.05, 0) is 23.6 Å². The van der Waals surface area contributed by atoms with Gasteiger partial charge in [-0.3, -0.25) is 19.1 Å². The molecule has 4 rings (SSSR count). The smallest absolute Gasteiger partial charge is 0.408 e.